The van der Waals surface area contributed by atoms with Crippen LogP contribution in [0.15, 0.2) is 12.4 Å². The van der Waals surface area contributed by atoms with Crippen LogP contribution in [-0.2, 0) is 20.0 Å². The van der Waals surface area contributed by atoms with Crippen molar-refractivity contribution in [2.45, 2.75) is 38.8 Å². The fourth-order valence-corrected chi connectivity index (χ4v) is 3.85. The van der Waals surface area contributed by atoms with E-state index in [1.54, 1.807) is 0 Å². The number of aromatic nitrogens is 5. The maximum Gasteiger partial charge on any atom is 0.150 e. The zero-order chi connectivity index (χ0) is 17.1. The Kier molecular flexibility index (Phi) is 5.30. The van der Waals surface area contributed by atoms with E-state index in [9.17, 15) is 0 Å². The Labute approximate surface area is 144 Å². The SMILES string of the molecule is CCc1n[nH]c(CN(C)C[C@@H]2CCCN(C)[C@H]2c2cnn(C)c2)n1. The molecule has 1 N–H and O–H groups in total. The zero-order valence-corrected chi connectivity index (χ0v) is 15.2. The highest BCUT2D eigenvalue weighted by molar-refractivity contribution is 5.13. The van der Waals surface area contributed by atoms with Crippen LogP contribution in [0.1, 0.15) is 43.0 Å². The average molecular weight is 331 g/mol. The number of piperidine rings is 1. The number of aryl methyl sites for hydroxylation is 2. The molecule has 0 bridgehead atoms. The second kappa shape index (κ2) is 7.44. The van der Waals surface area contributed by atoms with Gasteiger partial charge in [-0.2, -0.15) is 10.2 Å². The lowest BCUT2D eigenvalue weighted by Gasteiger charge is -2.40. The van der Waals surface area contributed by atoms with Crippen molar-refractivity contribution < 1.29 is 0 Å². The lowest BCUT2D eigenvalue weighted by Crippen LogP contribution is -2.40. The number of rotatable bonds is 6. The monoisotopic (exact) mass is 331 g/mol. The minimum atomic E-state index is 0.441. The van der Waals surface area contributed by atoms with Crippen LogP contribution in [-0.4, -0.2) is 61.9 Å². The molecule has 2 aromatic heterocycles. The van der Waals surface area contributed by atoms with Gasteiger partial charge in [-0.15, -0.1) is 0 Å². The Morgan fingerprint density at radius 1 is 1.38 bits per heavy atom. The van der Waals surface area contributed by atoms with Crippen LogP contribution in [0.3, 0.4) is 0 Å². The maximum absolute atomic E-state index is 4.53. The van der Waals surface area contributed by atoms with E-state index < -0.39 is 0 Å². The Bertz CT molecular complexity index is 647. The molecule has 0 spiro atoms. The van der Waals surface area contributed by atoms with Gasteiger partial charge in [-0.1, -0.05) is 6.92 Å². The molecule has 24 heavy (non-hydrogen) atoms. The number of nitrogens with one attached hydrogen (secondary N) is 1. The van der Waals surface area contributed by atoms with Crippen molar-refractivity contribution in [2.24, 2.45) is 13.0 Å². The predicted molar refractivity (Wildman–Crippen MR) is 93.4 cm³/mol. The van der Waals surface area contributed by atoms with E-state index in [4.69, 9.17) is 0 Å². The Morgan fingerprint density at radius 3 is 2.88 bits per heavy atom. The summed E-state index contributed by atoms with van der Waals surface area (Å²) in [5.41, 5.74) is 1.33. The predicted octanol–water partition coefficient (Wildman–Crippen LogP) is 1.62. The van der Waals surface area contributed by atoms with Gasteiger partial charge in [-0.05, 0) is 39.4 Å². The van der Waals surface area contributed by atoms with Crippen LogP contribution in [0.5, 0.6) is 0 Å². The molecule has 1 aliphatic rings. The molecule has 3 rings (SSSR count). The molecule has 132 valence electrons. The summed E-state index contributed by atoms with van der Waals surface area (Å²) in [6.45, 7) is 5.09. The molecule has 0 radical (unpaired) electrons. The van der Waals surface area contributed by atoms with Gasteiger partial charge in [-0.25, -0.2) is 4.98 Å². The van der Waals surface area contributed by atoms with Crippen molar-refractivity contribution >= 4 is 0 Å². The quantitative estimate of drug-likeness (QED) is 0.871. The fraction of sp³-hybridized carbons (Fsp3) is 0.706. The summed E-state index contributed by atoms with van der Waals surface area (Å²) in [5.74, 6) is 2.45. The highest BCUT2D eigenvalue weighted by atomic mass is 15.3. The number of H-pyrrole nitrogens is 1. The molecule has 1 fully saturated rings. The first-order valence-corrected chi connectivity index (χ1v) is 8.84. The number of hydrogen-bond acceptors (Lipinski definition) is 5. The molecule has 0 amide bonds. The molecule has 2 atom stereocenters. The summed E-state index contributed by atoms with van der Waals surface area (Å²) >= 11 is 0. The number of aromatic amines is 1. The van der Waals surface area contributed by atoms with Gasteiger partial charge >= 0.3 is 0 Å². The van der Waals surface area contributed by atoms with Gasteiger partial charge in [0.05, 0.1) is 12.7 Å². The van der Waals surface area contributed by atoms with Crippen LogP contribution < -0.4 is 0 Å². The molecule has 7 nitrogen and oxygen atoms in total. The zero-order valence-electron chi connectivity index (χ0n) is 15.2. The van der Waals surface area contributed by atoms with E-state index in [2.05, 4.69) is 57.3 Å². The van der Waals surface area contributed by atoms with Crippen molar-refractivity contribution in [2.75, 3.05) is 27.2 Å². The van der Waals surface area contributed by atoms with Crippen molar-refractivity contribution in [1.29, 1.82) is 0 Å². The van der Waals surface area contributed by atoms with Crippen molar-refractivity contribution in [3.05, 3.63) is 29.6 Å². The summed E-state index contributed by atoms with van der Waals surface area (Å²) in [4.78, 5) is 9.35. The molecule has 3 heterocycles. The third kappa shape index (κ3) is 3.84. The molecule has 2 aromatic rings. The van der Waals surface area contributed by atoms with Crippen molar-refractivity contribution in [1.82, 2.24) is 34.8 Å². The minimum Gasteiger partial charge on any atom is -0.299 e. The highest BCUT2D eigenvalue weighted by Crippen LogP contribution is 2.35. The molecule has 0 aromatic carbocycles. The summed E-state index contributed by atoms with van der Waals surface area (Å²) in [5, 5.41) is 11.7. The summed E-state index contributed by atoms with van der Waals surface area (Å²) in [6.07, 6.45) is 7.56. The summed E-state index contributed by atoms with van der Waals surface area (Å²) < 4.78 is 1.90. The Balaban J connectivity index is 1.66. The first-order chi connectivity index (χ1) is 11.6. The van der Waals surface area contributed by atoms with Gasteiger partial charge < -0.3 is 0 Å². The third-order valence-electron chi connectivity index (χ3n) is 4.93. The largest absolute Gasteiger partial charge is 0.299 e. The Morgan fingerprint density at radius 2 is 2.21 bits per heavy atom. The summed E-state index contributed by atoms with van der Waals surface area (Å²) in [6, 6.07) is 0.441. The molecule has 0 unspecified atom stereocenters. The smallest absolute Gasteiger partial charge is 0.150 e. The number of nitrogens with zero attached hydrogens (tertiary/aromatic N) is 6. The summed E-state index contributed by atoms with van der Waals surface area (Å²) in [7, 11) is 6.39. The average Bonchev–Trinajstić information content (AvgIpc) is 3.16. The van der Waals surface area contributed by atoms with E-state index in [1.165, 1.54) is 18.4 Å². The van der Waals surface area contributed by atoms with E-state index in [0.717, 1.165) is 37.7 Å². The first-order valence-electron chi connectivity index (χ1n) is 8.84. The highest BCUT2D eigenvalue weighted by Gasteiger charge is 2.32. The normalized spacial score (nSPS) is 22.4. The lowest BCUT2D eigenvalue weighted by molar-refractivity contribution is 0.0919. The molecular weight excluding hydrogens is 302 g/mol. The van der Waals surface area contributed by atoms with Gasteiger partial charge in [0.25, 0.3) is 0 Å². The Hall–Kier alpha value is -1.73. The van der Waals surface area contributed by atoms with Gasteiger partial charge in [0, 0.05) is 37.8 Å². The molecule has 1 aliphatic heterocycles. The van der Waals surface area contributed by atoms with E-state index in [1.807, 2.05) is 17.9 Å². The lowest BCUT2D eigenvalue weighted by atomic mass is 9.86. The van der Waals surface area contributed by atoms with E-state index >= 15 is 0 Å². The van der Waals surface area contributed by atoms with Gasteiger partial charge in [0.15, 0.2) is 0 Å². The number of likely N-dealkylation sites (tertiary alicyclic amines) is 1. The van der Waals surface area contributed by atoms with Gasteiger partial charge in [0.1, 0.15) is 11.6 Å². The molecule has 0 aliphatic carbocycles. The van der Waals surface area contributed by atoms with Crippen LogP contribution >= 0.6 is 0 Å². The minimum absolute atomic E-state index is 0.441. The topological polar surface area (TPSA) is 65.9 Å². The van der Waals surface area contributed by atoms with Crippen LogP contribution in [0.2, 0.25) is 0 Å². The van der Waals surface area contributed by atoms with Crippen LogP contribution in [0.4, 0.5) is 0 Å². The fourth-order valence-electron chi connectivity index (χ4n) is 3.85. The third-order valence-corrected chi connectivity index (χ3v) is 4.93. The van der Waals surface area contributed by atoms with Crippen LogP contribution in [0, 0.1) is 5.92 Å². The second-order valence-corrected chi connectivity index (χ2v) is 7.02. The molecule has 1 saturated heterocycles. The van der Waals surface area contributed by atoms with Crippen molar-refractivity contribution in [3.8, 4) is 0 Å². The molecular formula is C17H29N7. The first kappa shape index (κ1) is 17.1. The molecule has 0 saturated carbocycles. The van der Waals surface area contributed by atoms with Gasteiger partial charge in [-0.3, -0.25) is 19.6 Å². The maximum atomic E-state index is 4.53. The van der Waals surface area contributed by atoms with Crippen LogP contribution in [0.25, 0.3) is 0 Å². The van der Waals surface area contributed by atoms with E-state index in [-0.39, 0.29) is 0 Å². The number of hydrogen-bond donors (Lipinski definition) is 1. The standard InChI is InChI=1S/C17H29N7/c1-5-15-19-16(21-20-15)12-22(2)10-13-7-6-8-23(3)17(13)14-9-18-24(4)11-14/h9,11,13,17H,5-8,10,12H2,1-4H3,(H,19,20,21)/t13-,17+/m0/s1. The second-order valence-electron chi connectivity index (χ2n) is 7.02. The molecule has 7 heteroatoms. The van der Waals surface area contributed by atoms with Gasteiger partial charge in [0.2, 0.25) is 0 Å². The van der Waals surface area contributed by atoms with Crippen molar-refractivity contribution in [3.63, 3.8) is 0 Å². The van der Waals surface area contributed by atoms with E-state index in [0.29, 0.717) is 12.0 Å².